The number of aromatic nitrogens is 2. The number of hydrogen-bond donors (Lipinski definition) is 0. The fourth-order valence-electron chi connectivity index (χ4n) is 5.24. The van der Waals surface area contributed by atoms with Crippen LogP contribution in [0.3, 0.4) is 0 Å². The second-order valence-electron chi connectivity index (χ2n) is 9.03. The van der Waals surface area contributed by atoms with Crippen molar-refractivity contribution in [3.63, 3.8) is 0 Å². The van der Waals surface area contributed by atoms with Crippen LogP contribution in [0.15, 0.2) is 70.7 Å². The van der Waals surface area contributed by atoms with Crippen LogP contribution in [0, 0.1) is 12.8 Å². The van der Waals surface area contributed by atoms with Crippen molar-refractivity contribution in [1.29, 1.82) is 0 Å². The summed E-state index contributed by atoms with van der Waals surface area (Å²) in [6, 6.07) is 20.2. The molecule has 3 aromatic rings. The molecule has 4 heterocycles. The van der Waals surface area contributed by atoms with Crippen molar-refractivity contribution in [1.82, 2.24) is 9.78 Å². The molecule has 0 N–H and O–H groups in total. The lowest BCUT2D eigenvalue weighted by atomic mass is 9.66. The first-order valence-electron chi connectivity index (χ1n) is 10.6. The Hall–Kier alpha value is -2.86. The molecular formula is C25H23N3O2S. The molecular weight excluding hydrogens is 406 g/mol. The summed E-state index contributed by atoms with van der Waals surface area (Å²) in [5, 5.41) is 6.03. The molecule has 0 unspecified atom stereocenters. The minimum atomic E-state index is -0.938. The lowest BCUT2D eigenvalue weighted by molar-refractivity contribution is -0.176. The summed E-state index contributed by atoms with van der Waals surface area (Å²) in [6.45, 7) is 6.11. The molecule has 5 nitrogen and oxygen atoms in total. The third-order valence-corrected chi connectivity index (χ3v) is 8.02. The lowest BCUT2D eigenvalue weighted by Gasteiger charge is -2.48. The summed E-state index contributed by atoms with van der Waals surface area (Å²) in [5.41, 5.74) is 3.47. The second-order valence-corrected chi connectivity index (χ2v) is 10.0. The fraction of sp³-hybridized carbons (Fsp3) is 0.320. The predicted octanol–water partition coefficient (Wildman–Crippen LogP) is 4.56. The third-order valence-electron chi connectivity index (χ3n) is 6.83. The first kappa shape index (κ1) is 18.9. The highest BCUT2D eigenvalue weighted by Crippen LogP contribution is 2.61. The fourth-order valence-corrected chi connectivity index (χ4v) is 6.87. The van der Waals surface area contributed by atoms with Crippen LogP contribution in [0.5, 0.6) is 0 Å². The van der Waals surface area contributed by atoms with Crippen LogP contribution in [0.1, 0.15) is 36.6 Å². The van der Waals surface area contributed by atoms with Gasteiger partial charge in [-0.15, -0.1) is 11.8 Å². The summed E-state index contributed by atoms with van der Waals surface area (Å²) >= 11 is 1.80. The normalized spacial score (nSPS) is 27.8. The van der Waals surface area contributed by atoms with E-state index in [0.29, 0.717) is 0 Å². The smallest absolute Gasteiger partial charge is 0.341 e. The zero-order valence-corrected chi connectivity index (χ0v) is 18.5. The summed E-state index contributed by atoms with van der Waals surface area (Å²) in [7, 11) is 0. The minimum Gasteiger partial charge on any atom is -0.457 e. The average Bonchev–Trinajstić information content (AvgIpc) is 3.44. The maximum atomic E-state index is 13.5. The van der Waals surface area contributed by atoms with Gasteiger partial charge in [-0.3, -0.25) is 4.99 Å². The zero-order valence-electron chi connectivity index (χ0n) is 17.7. The van der Waals surface area contributed by atoms with Crippen LogP contribution in [-0.2, 0) is 9.53 Å². The first-order valence-corrected chi connectivity index (χ1v) is 11.6. The topological polar surface area (TPSA) is 56.5 Å². The molecule has 0 radical (unpaired) electrons. The summed E-state index contributed by atoms with van der Waals surface area (Å²) in [4.78, 5) is 18.3. The number of carbonyl (C=O) groups excluding carboxylic acids is 1. The molecule has 1 aromatic heterocycles. The van der Waals surface area contributed by atoms with Gasteiger partial charge in [0.1, 0.15) is 10.6 Å². The summed E-state index contributed by atoms with van der Waals surface area (Å²) in [6.07, 6.45) is 0. The van der Waals surface area contributed by atoms with Crippen LogP contribution < -0.4 is 0 Å². The molecule has 1 saturated heterocycles. The van der Waals surface area contributed by atoms with E-state index in [1.807, 2.05) is 74.0 Å². The standard InChI is InChI=1S/C25H23N3O2S/c1-15-19-20-18(14-31-22(19)28(27-15)17-12-8-5-9-13-17)24(2,3)30-23(29)25(20)21(26-25)16-10-6-4-7-11-16/h4-13,18,20H,14H2,1-3H3/t18-,20-,25-/m0/s1. The van der Waals surface area contributed by atoms with Crippen molar-refractivity contribution in [2.45, 2.75) is 42.9 Å². The Morgan fingerprint density at radius 2 is 1.74 bits per heavy atom. The van der Waals surface area contributed by atoms with Crippen molar-refractivity contribution < 1.29 is 9.53 Å². The Morgan fingerprint density at radius 1 is 1.06 bits per heavy atom. The first-order chi connectivity index (χ1) is 14.9. The van der Waals surface area contributed by atoms with Gasteiger partial charge in [-0.25, -0.2) is 9.48 Å². The molecule has 3 aliphatic rings. The molecule has 3 aliphatic heterocycles. The van der Waals surface area contributed by atoms with Gasteiger partial charge in [0.15, 0.2) is 0 Å². The molecule has 1 spiro atoms. The number of carbonyl (C=O) groups is 1. The van der Waals surface area contributed by atoms with Crippen LogP contribution in [0.2, 0.25) is 0 Å². The van der Waals surface area contributed by atoms with E-state index in [9.17, 15) is 4.79 Å². The Bertz CT molecular complexity index is 1230. The van der Waals surface area contributed by atoms with E-state index in [2.05, 4.69) is 12.1 Å². The molecule has 0 aliphatic carbocycles. The highest BCUT2D eigenvalue weighted by Gasteiger charge is 2.70. The van der Waals surface area contributed by atoms with Crippen molar-refractivity contribution >= 4 is 23.4 Å². The number of ether oxygens (including phenoxy) is 1. The largest absolute Gasteiger partial charge is 0.457 e. The van der Waals surface area contributed by atoms with Gasteiger partial charge in [-0.05, 0) is 38.5 Å². The SMILES string of the molecule is Cc1nn(-c2ccccc2)c2c1[C@@H]1[C@H](CS2)C(C)(C)OC(=O)[C@]12N=C2c1ccccc1. The third kappa shape index (κ3) is 2.54. The molecule has 31 heavy (non-hydrogen) atoms. The van der Waals surface area contributed by atoms with Crippen molar-refractivity contribution in [3.05, 3.63) is 77.5 Å². The Morgan fingerprint density at radius 3 is 2.45 bits per heavy atom. The van der Waals surface area contributed by atoms with Crippen LogP contribution >= 0.6 is 11.8 Å². The maximum absolute atomic E-state index is 13.5. The molecule has 0 amide bonds. The second kappa shape index (κ2) is 6.33. The van der Waals surface area contributed by atoms with Crippen molar-refractivity contribution in [3.8, 4) is 5.69 Å². The summed E-state index contributed by atoms with van der Waals surface area (Å²) in [5.74, 6) is 0.699. The lowest BCUT2D eigenvalue weighted by Crippen LogP contribution is -2.58. The van der Waals surface area contributed by atoms with E-state index in [4.69, 9.17) is 14.8 Å². The predicted molar refractivity (Wildman–Crippen MR) is 121 cm³/mol. The Labute approximate surface area is 185 Å². The number of aryl methyl sites for hydroxylation is 1. The van der Waals surface area contributed by atoms with E-state index >= 15 is 0 Å². The molecule has 6 rings (SSSR count). The molecule has 3 atom stereocenters. The number of esters is 1. The van der Waals surface area contributed by atoms with Gasteiger partial charge in [0.2, 0.25) is 5.54 Å². The van der Waals surface area contributed by atoms with E-state index in [0.717, 1.165) is 39.0 Å². The number of cyclic esters (lactones) is 1. The van der Waals surface area contributed by atoms with E-state index in [1.54, 1.807) is 11.8 Å². The highest BCUT2D eigenvalue weighted by atomic mass is 32.2. The van der Waals surface area contributed by atoms with E-state index in [-0.39, 0.29) is 17.8 Å². The maximum Gasteiger partial charge on any atom is 0.341 e. The van der Waals surface area contributed by atoms with Gasteiger partial charge in [0.25, 0.3) is 0 Å². The quantitative estimate of drug-likeness (QED) is 0.560. The van der Waals surface area contributed by atoms with Crippen LogP contribution in [0.25, 0.3) is 5.69 Å². The van der Waals surface area contributed by atoms with Gasteiger partial charge >= 0.3 is 5.97 Å². The zero-order chi connectivity index (χ0) is 21.4. The summed E-state index contributed by atoms with van der Waals surface area (Å²) < 4.78 is 8.05. The molecule has 1 fully saturated rings. The number of benzene rings is 2. The average molecular weight is 430 g/mol. The molecule has 0 bridgehead atoms. The number of rotatable bonds is 2. The van der Waals surface area contributed by atoms with Gasteiger partial charge in [-0.2, -0.15) is 5.10 Å². The number of fused-ring (bicyclic) bond motifs is 4. The number of hydrogen-bond acceptors (Lipinski definition) is 5. The van der Waals surface area contributed by atoms with E-state index in [1.165, 1.54) is 0 Å². The van der Waals surface area contributed by atoms with E-state index < -0.39 is 11.1 Å². The van der Waals surface area contributed by atoms with Gasteiger partial charge in [0.05, 0.1) is 17.1 Å². The molecule has 156 valence electrons. The van der Waals surface area contributed by atoms with Gasteiger partial charge in [0, 0.05) is 23.2 Å². The van der Waals surface area contributed by atoms with Gasteiger partial charge in [-0.1, -0.05) is 48.5 Å². The molecule has 6 heteroatoms. The molecule has 2 aromatic carbocycles. The highest BCUT2D eigenvalue weighted by molar-refractivity contribution is 7.99. The Kier molecular flexibility index (Phi) is 3.85. The van der Waals surface area contributed by atoms with Crippen molar-refractivity contribution in [2.24, 2.45) is 10.9 Å². The van der Waals surface area contributed by atoms with Crippen LogP contribution in [-0.4, -0.2) is 38.4 Å². The van der Waals surface area contributed by atoms with Gasteiger partial charge < -0.3 is 4.74 Å². The Balaban J connectivity index is 1.53. The van der Waals surface area contributed by atoms with Crippen LogP contribution in [0.4, 0.5) is 0 Å². The monoisotopic (exact) mass is 429 g/mol. The minimum absolute atomic E-state index is 0.0762. The van der Waals surface area contributed by atoms with Crippen molar-refractivity contribution in [2.75, 3.05) is 5.75 Å². The number of aliphatic imine (C=N–C) groups is 1. The number of nitrogens with zero attached hydrogens (tertiary/aromatic N) is 3. The number of thioether (sulfide) groups is 1. The number of para-hydroxylation sites is 1. The molecule has 0 saturated carbocycles.